The number of fused-ring (bicyclic) bond motifs is 1. The Labute approximate surface area is 187 Å². The van der Waals surface area contributed by atoms with E-state index in [0.29, 0.717) is 26.2 Å². The molecule has 0 aliphatic carbocycles. The van der Waals surface area contributed by atoms with Gasteiger partial charge in [0, 0.05) is 0 Å². The van der Waals surface area contributed by atoms with Crippen LogP contribution >= 0.6 is 11.3 Å². The summed E-state index contributed by atoms with van der Waals surface area (Å²) in [7, 11) is 0. The van der Waals surface area contributed by atoms with Crippen LogP contribution in [0.4, 0.5) is 0 Å². The summed E-state index contributed by atoms with van der Waals surface area (Å²) in [5, 5.41) is 9.07. The lowest BCUT2D eigenvalue weighted by Gasteiger charge is -2.24. The summed E-state index contributed by atoms with van der Waals surface area (Å²) in [6.07, 6.45) is 1.70. The number of benzene rings is 2. The number of hydrogen-bond acceptors (Lipinski definition) is 6. The van der Waals surface area contributed by atoms with E-state index in [2.05, 4.69) is 4.99 Å². The maximum atomic E-state index is 13.4. The maximum Gasteiger partial charge on any atom is 0.338 e. The molecular weight excluding hydrogens is 428 g/mol. The number of allylic oxidation sites excluding steroid dienone is 1. The zero-order valence-corrected chi connectivity index (χ0v) is 18.3. The minimum atomic E-state index is -1.01. The Balaban J connectivity index is 1.90. The van der Waals surface area contributed by atoms with Gasteiger partial charge in [0.1, 0.15) is 0 Å². The second-order valence-electron chi connectivity index (χ2n) is 7.14. The van der Waals surface area contributed by atoms with Crippen LogP contribution in [-0.2, 0) is 9.53 Å². The zero-order valence-electron chi connectivity index (χ0n) is 17.4. The normalized spacial score (nSPS) is 15.8. The van der Waals surface area contributed by atoms with E-state index in [4.69, 9.17) is 9.84 Å². The molecule has 0 amide bonds. The van der Waals surface area contributed by atoms with Gasteiger partial charge in [0.2, 0.25) is 0 Å². The van der Waals surface area contributed by atoms with E-state index < -0.39 is 18.0 Å². The largest absolute Gasteiger partial charge is 0.478 e. The average molecular weight is 449 g/mol. The van der Waals surface area contributed by atoms with Crippen molar-refractivity contribution in [3.63, 3.8) is 0 Å². The van der Waals surface area contributed by atoms with Crippen molar-refractivity contribution in [3.05, 3.63) is 102 Å². The molecule has 0 bridgehead atoms. The third kappa shape index (κ3) is 3.92. The second kappa shape index (κ2) is 8.76. The Morgan fingerprint density at radius 3 is 2.47 bits per heavy atom. The second-order valence-corrected chi connectivity index (χ2v) is 8.15. The van der Waals surface area contributed by atoms with E-state index in [1.54, 1.807) is 32.1 Å². The summed E-state index contributed by atoms with van der Waals surface area (Å²) < 4.78 is 7.23. The summed E-state index contributed by atoms with van der Waals surface area (Å²) in [5.74, 6) is -1.51. The summed E-state index contributed by atoms with van der Waals surface area (Å²) >= 11 is 1.22. The molecule has 2 aromatic carbocycles. The third-order valence-electron chi connectivity index (χ3n) is 5.09. The van der Waals surface area contributed by atoms with Crippen LogP contribution in [-0.4, -0.2) is 28.2 Å². The van der Waals surface area contributed by atoms with Gasteiger partial charge in [-0.1, -0.05) is 53.8 Å². The number of ether oxygens (including phenoxy) is 1. The van der Waals surface area contributed by atoms with Crippen LogP contribution in [0.3, 0.4) is 0 Å². The summed E-state index contributed by atoms with van der Waals surface area (Å²) in [6, 6.07) is 14.9. The lowest BCUT2D eigenvalue weighted by Crippen LogP contribution is -2.39. The number of esters is 1. The van der Waals surface area contributed by atoms with Crippen LogP contribution < -0.4 is 14.9 Å². The average Bonchev–Trinajstić information content (AvgIpc) is 3.08. The molecule has 32 heavy (non-hydrogen) atoms. The Kier molecular flexibility index (Phi) is 5.87. The van der Waals surface area contributed by atoms with Gasteiger partial charge in [-0.2, -0.15) is 0 Å². The van der Waals surface area contributed by atoms with Crippen LogP contribution in [0.25, 0.3) is 6.08 Å². The molecule has 3 aromatic rings. The molecule has 8 heteroatoms. The highest BCUT2D eigenvalue weighted by molar-refractivity contribution is 7.07. The van der Waals surface area contributed by atoms with Crippen molar-refractivity contribution in [2.75, 3.05) is 6.61 Å². The molecule has 0 radical (unpaired) electrons. The molecule has 1 aliphatic rings. The first kappa shape index (κ1) is 21.5. The van der Waals surface area contributed by atoms with Crippen LogP contribution in [0, 0.1) is 0 Å². The molecule has 1 N–H and O–H groups in total. The Morgan fingerprint density at radius 1 is 1.16 bits per heavy atom. The van der Waals surface area contributed by atoms with Gasteiger partial charge in [-0.15, -0.1) is 0 Å². The van der Waals surface area contributed by atoms with Gasteiger partial charge in [0.05, 0.1) is 34.0 Å². The van der Waals surface area contributed by atoms with Crippen LogP contribution in [0.2, 0.25) is 0 Å². The Hall–Kier alpha value is -3.78. The molecule has 162 valence electrons. The number of nitrogens with zero attached hydrogens (tertiary/aromatic N) is 2. The summed E-state index contributed by atoms with van der Waals surface area (Å²) in [4.78, 5) is 42.3. The predicted molar refractivity (Wildman–Crippen MR) is 120 cm³/mol. The molecular formula is C24H20N2O5S. The van der Waals surface area contributed by atoms with Crippen molar-refractivity contribution in [1.29, 1.82) is 0 Å². The number of carboxylic acid groups (broad SMARTS) is 1. The van der Waals surface area contributed by atoms with Crippen LogP contribution in [0.5, 0.6) is 0 Å². The van der Waals surface area contributed by atoms with Crippen molar-refractivity contribution in [1.82, 2.24) is 4.57 Å². The Bertz CT molecular complexity index is 1400. The van der Waals surface area contributed by atoms with Gasteiger partial charge in [-0.05, 0) is 43.2 Å². The smallest absolute Gasteiger partial charge is 0.338 e. The van der Waals surface area contributed by atoms with E-state index >= 15 is 0 Å². The monoisotopic (exact) mass is 448 g/mol. The van der Waals surface area contributed by atoms with E-state index in [1.165, 1.54) is 28.0 Å². The molecule has 1 aromatic heterocycles. The maximum absolute atomic E-state index is 13.4. The van der Waals surface area contributed by atoms with Crippen LogP contribution in [0.15, 0.2) is 75.7 Å². The number of thiazole rings is 1. The Morgan fingerprint density at radius 2 is 1.84 bits per heavy atom. The predicted octanol–water partition coefficient (Wildman–Crippen LogP) is 2.50. The van der Waals surface area contributed by atoms with E-state index in [1.807, 2.05) is 30.3 Å². The standard InChI is InChI=1S/C24H20N2O5S/c1-3-31-23(30)19-14(2)25-24-26(20(19)16-7-5-4-6-8-16)21(27)18(32-24)13-15-9-11-17(12-10-15)22(28)29/h4-13,20H,3H2,1-2H3,(H,28,29)/b18-13-/t20-/m1/s1. The van der Waals surface area contributed by atoms with Crippen molar-refractivity contribution in [3.8, 4) is 0 Å². The highest BCUT2D eigenvalue weighted by Crippen LogP contribution is 2.30. The van der Waals surface area contributed by atoms with Crippen molar-refractivity contribution >= 4 is 29.4 Å². The van der Waals surface area contributed by atoms with Gasteiger partial charge in [-0.3, -0.25) is 9.36 Å². The summed E-state index contributed by atoms with van der Waals surface area (Å²) in [6.45, 7) is 3.69. The van der Waals surface area contributed by atoms with Gasteiger partial charge in [0.15, 0.2) is 4.80 Å². The summed E-state index contributed by atoms with van der Waals surface area (Å²) in [5.41, 5.74) is 2.21. The van der Waals surface area contributed by atoms with Gasteiger partial charge < -0.3 is 9.84 Å². The number of hydrogen-bond donors (Lipinski definition) is 1. The fourth-order valence-electron chi connectivity index (χ4n) is 3.62. The van der Waals surface area contributed by atoms with Crippen LogP contribution in [0.1, 0.15) is 41.4 Å². The molecule has 1 atom stereocenters. The number of aromatic carboxylic acids is 1. The quantitative estimate of drug-likeness (QED) is 0.605. The van der Waals surface area contributed by atoms with Gasteiger partial charge in [0.25, 0.3) is 5.56 Å². The minimum absolute atomic E-state index is 0.169. The van der Waals surface area contributed by atoms with Crippen molar-refractivity contribution < 1.29 is 19.4 Å². The fraction of sp³-hybridized carbons (Fsp3) is 0.167. The van der Waals surface area contributed by atoms with Gasteiger partial charge >= 0.3 is 11.9 Å². The number of carbonyl (C=O) groups excluding carboxylic acids is 1. The lowest BCUT2D eigenvalue weighted by atomic mass is 9.96. The molecule has 0 saturated carbocycles. The molecule has 4 rings (SSSR count). The molecule has 0 spiro atoms. The highest BCUT2D eigenvalue weighted by Gasteiger charge is 2.33. The molecule has 0 saturated heterocycles. The molecule has 1 aliphatic heterocycles. The highest BCUT2D eigenvalue weighted by atomic mass is 32.1. The molecule has 0 unspecified atom stereocenters. The van der Waals surface area contributed by atoms with Gasteiger partial charge in [-0.25, -0.2) is 14.6 Å². The fourth-order valence-corrected chi connectivity index (χ4v) is 4.66. The number of rotatable bonds is 5. The lowest BCUT2D eigenvalue weighted by molar-refractivity contribution is -0.139. The van der Waals surface area contributed by atoms with Crippen molar-refractivity contribution in [2.45, 2.75) is 19.9 Å². The molecule has 0 fully saturated rings. The third-order valence-corrected chi connectivity index (χ3v) is 6.07. The molecule has 7 nitrogen and oxygen atoms in total. The topological polar surface area (TPSA) is 98.0 Å². The first-order valence-electron chi connectivity index (χ1n) is 9.98. The number of aromatic nitrogens is 1. The van der Waals surface area contributed by atoms with E-state index in [0.717, 1.165) is 5.56 Å². The number of carbonyl (C=O) groups is 2. The first-order chi connectivity index (χ1) is 15.4. The zero-order chi connectivity index (χ0) is 22.8. The van der Waals surface area contributed by atoms with Crippen molar-refractivity contribution in [2.24, 2.45) is 4.99 Å². The molecule has 2 heterocycles. The SMILES string of the molecule is CCOC(=O)C1=C(C)N=c2s/c(=C\c3ccc(C(=O)O)cc3)c(=O)n2[C@@H]1c1ccccc1. The minimum Gasteiger partial charge on any atom is -0.478 e. The van der Waals surface area contributed by atoms with E-state index in [-0.39, 0.29) is 17.7 Å². The number of carboxylic acids is 1. The van der Waals surface area contributed by atoms with E-state index in [9.17, 15) is 14.4 Å². The first-order valence-corrected chi connectivity index (χ1v) is 10.8.